The van der Waals surface area contributed by atoms with Crippen molar-refractivity contribution in [3.63, 3.8) is 0 Å². The summed E-state index contributed by atoms with van der Waals surface area (Å²) in [5.74, 6) is -1.06. The van der Waals surface area contributed by atoms with Gasteiger partial charge >= 0.3 is 0 Å². The van der Waals surface area contributed by atoms with Gasteiger partial charge in [-0.2, -0.15) is 4.98 Å². The van der Waals surface area contributed by atoms with E-state index in [2.05, 4.69) is 20.0 Å². The number of methoxy groups -OCH3 is 1. The van der Waals surface area contributed by atoms with Gasteiger partial charge in [-0.05, 0) is 51.6 Å². The number of hydrogen-bond acceptors (Lipinski definition) is 9. The molecule has 1 heterocycles. The van der Waals surface area contributed by atoms with E-state index in [1.165, 1.54) is 13.8 Å². The van der Waals surface area contributed by atoms with E-state index < -0.39 is 5.79 Å². The van der Waals surface area contributed by atoms with Gasteiger partial charge in [-0.25, -0.2) is 4.98 Å². The second kappa shape index (κ2) is 13.9. The molecular weight excluding hydrogens is 411 g/mol. The molecular formula is C17H30Cl2N4O5. The predicted octanol–water partition coefficient (Wildman–Crippen LogP) is 2.27. The number of aliphatic hydroxyl groups is 2. The minimum atomic E-state index is -1.50. The third kappa shape index (κ3) is 13.0. The van der Waals surface area contributed by atoms with Crippen LogP contribution in [0.4, 0.5) is 11.5 Å². The number of nitrogens with two attached hydrogens (primary N) is 1. The Morgan fingerprint density at radius 2 is 1.89 bits per heavy atom. The summed E-state index contributed by atoms with van der Waals surface area (Å²) in [6.07, 6.45) is 3.41. The van der Waals surface area contributed by atoms with Crippen molar-refractivity contribution in [1.82, 2.24) is 9.97 Å². The van der Waals surface area contributed by atoms with Gasteiger partial charge in [-0.15, -0.1) is 0 Å². The summed E-state index contributed by atoms with van der Waals surface area (Å²) in [6.45, 7) is 5.50. The number of aldehydes is 1. The van der Waals surface area contributed by atoms with E-state index in [0.29, 0.717) is 5.82 Å². The third-order valence-electron chi connectivity index (χ3n) is 3.29. The summed E-state index contributed by atoms with van der Waals surface area (Å²) >= 11 is 11.6. The maximum atomic E-state index is 10.3. The average Bonchev–Trinajstić information content (AvgIpc) is 3.03. The number of carbonyl (C=O) groups excluding carboxylic acids is 1. The summed E-state index contributed by atoms with van der Waals surface area (Å²) in [7, 11) is 1.68. The molecule has 0 bridgehead atoms. The van der Waals surface area contributed by atoms with Gasteiger partial charge in [0.1, 0.15) is 18.6 Å². The van der Waals surface area contributed by atoms with Gasteiger partial charge in [0.15, 0.2) is 16.8 Å². The molecule has 28 heavy (non-hydrogen) atoms. The summed E-state index contributed by atoms with van der Waals surface area (Å²) in [5.41, 5.74) is 6.07. The van der Waals surface area contributed by atoms with Crippen LogP contribution >= 0.6 is 23.2 Å². The van der Waals surface area contributed by atoms with Crippen molar-refractivity contribution in [2.75, 3.05) is 31.4 Å². The molecule has 0 radical (unpaired) electrons. The summed E-state index contributed by atoms with van der Waals surface area (Å²) in [5, 5.41) is 19.5. The Morgan fingerprint density at radius 1 is 1.32 bits per heavy atom. The van der Waals surface area contributed by atoms with Crippen LogP contribution in [0.5, 0.6) is 0 Å². The van der Waals surface area contributed by atoms with Crippen LogP contribution in [0.25, 0.3) is 0 Å². The van der Waals surface area contributed by atoms with Gasteiger partial charge in [0.2, 0.25) is 5.28 Å². The van der Waals surface area contributed by atoms with Crippen LogP contribution in [0.15, 0.2) is 0 Å². The zero-order chi connectivity index (χ0) is 21.7. The molecule has 0 saturated heterocycles. The molecule has 2 unspecified atom stereocenters. The lowest BCUT2D eigenvalue weighted by Gasteiger charge is -2.15. The second-order valence-electron chi connectivity index (χ2n) is 6.39. The van der Waals surface area contributed by atoms with Crippen molar-refractivity contribution in [2.24, 2.45) is 0 Å². The van der Waals surface area contributed by atoms with Crippen molar-refractivity contribution in [3.8, 4) is 0 Å². The van der Waals surface area contributed by atoms with Crippen molar-refractivity contribution in [2.45, 2.75) is 58.0 Å². The lowest BCUT2D eigenvalue weighted by Crippen LogP contribution is -2.20. The molecule has 9 nitrogen and oxygen atoms in total. The van der Waals surface area contributed by atoms with Crippen LogP contribution < -0.4 is 11.1 Å². The van der Waals surface area contributed by atoms with Gasteiger partial charge in [0.25, 0.3) is 0 Å². The summed E-state index contributed by atoms with van der Waals surface area (Å²) in [6, 6.07) is 0.168. The smallest absolute Gasteiger partial charge is 0.225 e. The summed E-state index contributed by atoms with van der Waals surface area (Å²) < 4.78 is 9.92. The maximum Gasteiger partial charge on any atom is 0.225 e. The standard InChI is InChI=1S/C11H14Cl2N4O2.C3H8O2.C3H8O/c12-9-8(14)10(17-11(13)16-9)15-6-1-2-7(5-6)19-4-3-18;1-3(2,4)5;1-3-4-2/h3,6-7H,1-2,4-5,14H2,(H,15,16,17);4-5H,1-2H3;3H2,1-2H3. The predicted molar refractivity (Wildman–Crippen MR) is 110 cm³/mol. The van der Waals surface area contributed by atoms with Crippen molar-refractivity contribution >= 4 is 41.0 Å². The molecule has 1 saturated carbocycles. The number of ether oxygens (including phenoxy) is 2. The fourth-order valence-corrected chi connectivity index (χ4v) is 2.50. The fraction of sp³-hybridized carbons (Fsp3) is 0.706. The maximum absolute atomic E-state index is 10.3. The highest BCUT2D eigenvalue weighted by Gasteiger charge is 2.26. The number of halogens is 2. The zero-order valence-electron chi connectivity index (χ0n) is 16.6. The van der Waals surface area contributed by atoms with Crippen LogP contribution in [-0.2, 0) is 14.3 Å². The topological polar surface area (TPSA) is 140 Å². The first-order valence-electron chi connectivity index (χ1n) is 8.75. The normalized spacial score (nSPS) is 18.4. The molecule has 1 aliphatic rings. The van der Waals surface area contributed by atoms with E-state index in [4.69, 9.17) is 43.9 Å². The molecule has 2 atom stereocenters. The Bertz CT molecular complexity index is 579. The van der Waals surface area contributed by atoms with E-state index in [9.17, 15) is 4.79 Å². The minimum absolute atomic E-state index is 0.0495. The van der Waals surface area contributed by atoms with Crippen LogP contribution in [-0.4, -0.2) is 64.7 Å². The van der Waals surface area contributed by atoms with Gasteiger partial charge in [0, 0.05) is 19.8 Å². The first-order chi connectivity index (χ1) is 13.0. The largest absolute Gasteiger partial charge is 0.393 e. The van der Waals surface area contributed by atoms with Crippen molar-refractivity contribution < 1.29 is 24.5 Å². The fourth-order valence-electron chi connectivity index (χ4n) is 2.12. The lowest BCUT2D eigenvalue weighted by molar-refractivity contribution is -0.127. The first kappa shape index (κ1) is 26.8. The zero-order valence-corrected chi connectivity index (χ0v) is 18.1. The molecule has 2 rings (SSSR count). The van der Waals surface area contributed by atoms with E-state index in [1.807, 2.05) is 6.92 Å². The van der Waals surface area contributed by atoms with E-state index in [1.54, 1.807) is 7.11 Å². The molecule has 1 aromatic rings. The Balaban J connectivity index is 0.000000681. The molecule has 162 valence electrons. The Kier molecular flexibility index (Phi) is 13.3. The number of aromatic nitrogens is 2. The van der Waals surface area contributed by atoms with E-state index in [0.717, 1.165) is 32.2 Å². The number of hydrogen-bond donors (Lipinski definition) is 4. The minimum Gasteiger partial charge on any atom is -0.393 e. The second-order valence-corrected chi connectivity index (χ2v) is 7.09. The first-order valence-corrected chi connectivity index (χ1v) is 9.51. The molecule has 11 heteroatoms. The lowest BCUT2D eigenvalue weighted by atomic mass is 10.2. The quantitative estimate of drug-likeness (QED) is 0.226. The van der Waals surface area contributed by atoms with Crippen molar-refractivity contribution in [3.05, 3.63) is 10.4 Å². The number of nitrogen functional groups attached to an aromatic ring is 1. The third-order valence-corrected chi connectivity index (χ3v) is 3.74. The number of carbonyl (C=O) groups is 1. The van der Waals surface area contributed by atoms with Gasteiger partial charge in [-0.3, -0.25) is 0 Å². The van der Waals surface area contributed by atoms with Gasteiger partial charge in [0.05, 0.1) is 6.10 Å². The van der Waals surface area contributed by atoms with Crippen LogP contribution in [0, 0.1) is 0 Å². The molecule has 0 aliphatic heterocycles. The van der Waals surface area contributed by atoms with Gasteiger partial charge in [-0.1, -0.05) is 11.6 Å². The highest BCUT2D eigenvalue weighted by molar-refractivity contribution is 6.34. The van der Waals surface area contributed by atoms with Crippen LogP contribution in [0.2, 0.25) is 10.4 Å². The Labute approximate surface area is 175 Å². The molecule has 1 aliphatic carbocycles. The van der Waals surface area contributed by atoms with E-state index in [-0.39, 0.29) is 34.9 Å². The van der Waals surface area contributed by atoms with Crippen LogP contribution in [0.1, 0.15) is 40.0 Å². The molecule has 0 aromatic carbocycles. The number of nitrogens with one attached hydrogen (secondary N) is 1. The Hall–Kier alpha value is -1.23. The monoisotopic (exact) mass is 440 g/mol. The number of nitrogens with zero attached hydrogens (tertiary/aromatic N) is 2. The molecule has 5 N–H and O–H groups in total. The number of rotatable bonds is 6. The number of anilines is 2. The average molecular weight is 441 g/mol. The van der Waals surface area contributed by atoms with E-state index >= 15 is 0 Å². The molecule has 0 amide bonds. The molecule has 1 aromatic heterocycles. The molecule has 0 spiro atoms. The van der Waals surface area contributed by atoms with Crippen molar-refractivity contribution in [1.29, 1.82) is 0 Å². The summed E-state index contributed by atoms with van der Waals surface area (Å²) in [4.78, 5) is 18.0. The van der Waals surface area contributed by atoms with Crippen LogP contribution in [0.3, 0.4) is 0 Å². The highest BCUT2D eigenvalue weighted by Crippen LogP contribution is 2.30. The van der Waals surface area contributed by atoms with Gasteiger partial charge < -0.3 is 35.5 Å². The highest BCUT2D eigenvalue weighted by atomic mass is 35.5. The molecule has 1 fully saturated rings. The Morgan fingerprint density at radius 3 is 2.39 bits per heavy atom. The SMILES string of the molecule is CC(C)(O)O.CCOC.Nc1c(Cl)nc(Cl)nc1NC1CCC(OCC=O)C1.